The molecule has 0 amide bonds. The molecule has 2 rings (SSSR count). The second-order valence-corrected chi connectivity index (χ2v) is 5.67. The van der Waals surface area contributed by atoms with E-state index >= 15 is 0 Å². The number of para-hydroxylation sites is 2. The Bertz CT molecular complexity index is 571. The molecule has 94 valence electrons. The Morgan fingerprint density at radius 2 is 2.17 bits per heavy atom. The first-order valence-electron chi connectivity index (χ1n) is 5.32. The van der Waals surface area contributed by atoms with E-state index in [0.29, 0.717) is 5.69 Å². The smallest absolute Gasteiger partial charge is 0.292 e. The summed E-state index contributed by atoms with van der Waals surface area (Å²) in [7, 11) is 0. The number of rotatable bonds is 4. The largest absolute Gasteiger partial charge is 0.372 e. The van der Waals surface area contributed by atoms with E-state index < -0.39 is 0 Å². The van der Waals surface area contributed by atoms with Crippen LogP contribution in [-0.4, -0.2) is 4.92 Å². The van der Waals surface area contributed by atoms with Gasteiger partial charge in [-0.25, -0.2) is 0 Å². The first-order chi connectivity index (χ1) is 8.58. The molecule has 0 fully saturated rings. The molecule has 1 heterocycles. The maximum atomic E-state index is 10.9. The van der Waals surface area contributed by atoms with E-state index in [4.69, 9.17) is 0 Å². The van der Waals surface area contributed by atoms with Crippen molar-refractivity contribution in [2.45, 2.75) is 13.0 Å². The standard InChI is InChI=1S/C12H11BrN2O2S/c1-8(12-6-9(13)7-18-12)14-10-4-2-3-5-11(10)15(16)17/h2-8,14H,1H3. The molecule has 0 bridgehead atoms. The quantitative estimate of drug-likeness (QED) is 0.660. The minimum absolute atomic E-state index is 0.0300. The van der Waals surface area contributed by atoms with Crippen molar-refractivity contribution in [2.75, 3.05) is 5.32 Å². The Morgan fingerprint density at radius 1 is 1.44 bits per heavy atom. The summed E-state index contributed by atoms with van der Waals surface area (Å²) in [6.07, 6.45) is 0. The highest BCUT2D eigenvalue weighted by atomic mass is 79.9. The molecule has 1 aromatic heterocycles. The van der Waals surface area contributed by atoms with Gasteiger partial charge in [0.15, 0.2) is 0 Å². The first kappa shape index (κ1) is 13.0. The molecular weight excluding hydrogens is 316 g/mol. The summed E-state index contributed by atoms with van der Waals surface area (Å²) in [5.41, 5.74) is 0.638. The van der Waals surface area contributed by atoms with E-state index in [2.05, 4.69) is 21.2 Å². The van der Waals surface area contributed by atoms with Gasteiger partial charge in [-0.05, 0) is 35.0 Å². The zero-order valence-electron chi connectivity index (χ0n) is 9.59. The molecule has 1 unspecified atom stereocenters. The average Bonchev–Trinajstić information content (AvgIpc) is 2.76. The van der Waals surface area contributed by atoms with Crippen LogP contribution in [0.2, 0.25) is 0 Å². The maximum Gasteiger partial charge on any atom is 0.292 e. The summed E-state index contributed by atoms with van der Waals surface area (Å²) in [5.74, 6) is 0. The van der Waals surface area contributed by atoms with Gasteiger partial charge in [0.25, 0.3) is 5.69 Å². The lowest BCUT2D eigenvalue weighted by Gasteiger charge is -2.13. The van der Waals surface area contributed by atoms with Crippen LogP contribution < -0.4 is 5.32 Å². The molecule has 0 aliphatic carbocycles. The number of benzene rings is 1. The topological polar surface area (TPSA) is 55.2 Å². The van der Waals surface area contributed by atoms with Crippen LogP contribution in [0, 0.1) is 10.1 Å². The SMILES string of the molecule is CC(Nc1ccccc1[N+](=O)[O-])c1cc(Br)cs1. The summed E-state index contributed by atoms with van der Waals surface area (Å²) >= 11 is 5.01. The Labute approximate surface area is 117 Å². The molecular formula is C12H11BrN2O2S. The molecule has 1 atom stereocenters. The number of nitrogens with one attached hydrogen (secondary N) is 1. The number of nitrogens with zero attached hydrogens (tertiary/aromatic N) is 1. The zero-order chi connectivity index (χ0) is 13.1. The Kier molecular flexibility index (Phi) is 3.98. The van der Waals surface area contributed by atoms with E-state index in [1.54, 1.807) is 29.5 Å². The molecule has 4 nitrogen and oxygen atoms in total. The number of hydrogen-bond donors (Lipinski definition) is 1. The minimum Gasteiger partial charge on any atom is -0.372 e. The van der Waals surface area contributed by atoms with Gasteiger partial charge in [0.1, 0.15) is 5.69 Å². The lowest BCUT2D eigenvalue weighted by molar-refractivity contribution is -0.384. The minimum atomic E-state index is -0.376. The molecule has 0 aliphatic heterocycles. The van der Waals surface area contributed by atoms with Gasteiger partial charge >= 0.3 is 0 Å². The van der Waals surface area contributed by atoms with Crippen LogP contribution in [0.3, 0.4) is 0 Å². The van der Waals surface area contributed by atoms with Gasteiger partial charge in [-0.2, -0.15) is 0 Å². The van der Waals surface area contributed by atoms with Crippen molar-refractivity contribution in [1.29, 1.82) is 0 Å². The Balaban J connectivity index is 2.21. The third kappa shape index (κ3) is 2.88. The third-order valence-corrected chi connectivity index (χ3v) is 4.36. The second-order valence-electron chi connectivity index (χ2n) is 3.81. The second kappa shape index (κ2) is 5.49. The van der Waals surface area contributed by atoms with Crippen molar-refractivity contribution in [3.8, 4) is 0 Å². The summed E-state index contributed by atoms with van der Waals surface area (Å²) < 4.78 is 1.03. The van der Waals surface area contributed by atoms with Crippen LogP contribution in [0.5, 0.6) is 0 Å². The summed E-state index contributed by atoms with van der Waals surface area (Å²) in [6, 6.07) is 8.71. The van der Waals surface area contributed by atoms with Gasteiger partial charge in [0.05, 0.1) is 11.0 Å². The van der Waals surface area contributed by atoms with Crippen molar-refractivity contribution in [2.24, 2.45) is 0 Å². The first-order valence-corrected chi connectivity index (χ1v) is 6.99. The van der Waals surface area contributed by atoms with Crippen LogP contribution in [0.15, 0.2) is 40.2 Å². The van der Waals surface area contributed by atoms with E-state index in [0.717, 1.165) is 9.35 Å². The fourth-order valence-corrected chi connectivity index (χ4v) is 3.07. The summed E-state index contributed by atoms with van der Waals surface area (Å²) in [6.45, 7) is 1.98. The van der Waals surface area contributed by atoms with E-state index in [9.17, 15) is 10.1 Å². The maximum absolute atomic E-state index is 10.9. The van der Waals surface area contributed by atoms with Crippen LogP contribution in [0.4, 0.5) is 11.4 Å². The zero-order valence-corrected chi connectivity index (χ0v) is 12.0. The normalized spacial score (nSPS) is 12.1. The molecule has 0 aliphatic rings. The summed E-state index contributed by atoms with van der Waals surface area (Å²) in [4.78, 5) is 11.7. The highest BCUT2D eigenvalue weighted by Gasteiger charge is 2.15. The predicted molar refractivity (Wildman–Crippen MR) is 77.2 cm³/mol. The van der Waals surface area contributed by atoms with E-state index in [1.165, 1.54) is 6.07 Å². The fourth-order valence-electron chi connectivity index (χ4n) is 1.61. The molecule has 6 heteroatoms. The lowest BCUT2D eigenvalue weighted by atomic mass is 10.2. The molecule has 1 N–H and O–H groups in total. The summed E-state index contributed by atoms with van der Waals surface area (Å²) in [5, 5.41) is 16.1. The number of halogens is 1. The van der Waals surface area contributed by atoms with Crippen molar-refractivity contribution < 1.29 is 4.92 Å². The van der Waals surface area contributed by atoms with Gasteiger partial charge in [-0.15, -0.1) is 11.3 Å². The monoisotopic (exact) mass is 326 g/mol. The third-order valence-electron chi connectivity index (χ3n) is 2.49. The van der Waals surface area contributed by atoms with Crippen LogP contribution in [-0.2, 0) is 0 Å². The Morgan fingerprint density at radius 3 is 2.78 bits per heavy atom. The average molecular weight is 327 g/mol. The molecule has 0 saturated heterocycles. The lowest BCUT2D eigenvalue weighted by Crippen LogP contribution is -2.06. The highest BCUT2D eigenvalue weighted by Crippen LogP contribution is 2.31. The molecule has 0 saturated carbocycles. The molecule has 2 aromatic rings. The van der Waals surface area contributed by atoms with Crippen molar-refractivity contribution in [3.63, 3.8) is 0 Å². The van der Waals surface area contributed by atoms with Gasteiger partial charge < -0.3 is 5.32 Å². The van der Waals surface area contributed by atoms with Crippen LogP contribution in [0.25, 0.3) is 0 Å². The number of anilines is 1. The molecule has 18 heavy (non-hydrogen) atoms. The van der Waals surface area contributed by atoms with Gasteiger partial charge in [0.2, 0.25) is 0 Å². The molecule has 0 spiro atoms. The van der Waals surface area contributed by atoms with Crippen molar-refractivity contribution in [1.82, 2.24) is 0 Å². The number of nitro groups is 1. The molecule has 0 radical (unpaired) electrons. The highest BCUT2D eigenvalue weighted by molar-refractivity contribution is 9.10. The molecule has 1 aromatic carbocycles. The Hall–Kier alpha value is -1.40. The van der Waals surface area contributed by atoms with E-state index in [-0.39, 0.29) is 16.7 Å². The van der Waals surface area contributed by atoms with Gasteiger partial charge in [0, 0.05) is 20.8 Å². The number of thiophene rings is 1. The van der Waals surface area contributed by atoms with Crippen LogP contribution >= 0.6 is 27.3 Å². The predicted octanol–water partition coefficient (Wildman–Crippen LogP) is 4.59. The van der Waals surface area contributed by atoms with E-state index in [1.807, 2.05) is 18.4 Å². The number of nitro benzene ring substituents is 1. The number of hydrogen-bond acceptors (Lipinski definition) is 4. The van der Waals surface area contributed by atoms with Crippen LogP contribution in [0.1, 0.15) is 17.8 Å². The fraction of sp³-hybridized carbons (Fsp3) is 0.167. The van der Waals surface area contributed by atoms with Gasteiger partial charge in [-0.1, -0.05) is 12.1 Å². The van der Waals surface area contributed by atoms with Crippen molar-refractivity contribution >= 4 is 38.6 Å². The van der Waals surface area contributed by atoms with Gasteiger partial charge in [-0.3, -0.25) is 10.1 Å². The van der Waals surface area contributed by atoms with Crippen molar-refractivity contribution in [3.05, 3.63) is 55.2 Å².